The van der Waals surface area contributed by atoms with Crippen LogP contribution in [0.4, 0.5) is 0 Å². The van der Waals surface area contributed by atoms with E-state index < -0.39 is 0 Å². The molecule has 100 valence electrons. The summed E-state index contributed by atoms with van der Waals surface area (Å²) in [7, 11) is 0. The maximum Gasteiger partial charge on any atom is 0.171 e. The van der Waals surface area contributed by atoms with E-state index in [1.54, 1.807) is 0 Å². The van der Waals surface area contributed by atoms with Gasteiger partial charge in [0.2, 0.25) is 0 Å². The first-order chi connectivity index (χ1) is 9.24. The van der Waals surface area contributed by atoms with E-state index in [9.17, 15) is 0 Å². The van der Waals surface area contributed by atoms with Gasteiger partial charge < -0.3 is 10.5 Å². The van der Waals surface area contributed by atoms with Crippen LogP contribution >= 0.6 is 11.6 Å². The average molecular weight is 279 g/mol. The highest BCUT2D eigenvalue weighted by Gasteiger charge is 2.23. The summed E-state index contributed by atoms with van der Waals surface area (Å²) in [5.74, 6) is 1.34. The Labute approximate surface area is 116 Å². The van der Waals surface area contributed by atoms with Crippen LogP contribution < -0.4 is 5.73 Å². The minimum absolute atomic E-state index is 0.0265. The highest BCUT2D eigenvalue weighted by molar-refractivity contribution is 6.30. The molecule has 5 nitrogen and oxygen atoms in total. The van der Waals surface area contributed by atoms with Crippen LogP contribution in [0.2, 0.25) is 5.02 Å². The Hall–Kier alpha value is -1.43. The molecule has 0 aliphatic carbocycles. The predicted molar refractivity (Wildman–Crippen MR) is 71.8 cm³/mol. The van der Waals surface area contributed by atoms with Gasteiger partial charge in [0.15, 0.2) is 11.6 Å². The van der Waals surface area contributed by atoms with Crippen molar-refractivity contribution in [3.8, 4) is 0 Å². The molecule has 6 heteroatoms. The molecule has 2 aromatic rings. The second kappa shape index (κ2) is 5.28. The van der Waals surface area contributed by atoms with Gasteiger partial charge >= 0.3 is 0 Å². The number of aromatic amines is 1. The maximum atomic E-state index is 6.15. The average Bonchev–Trinajstić information content (AvgIpc) is 3.10. The van der Waals surface area contributed by atoms with E-state index in [2.05, 4.69) is 15.2 Å². The second-order valence-corrected chi connectivity index (χ2v) is 5.05. The Morgan fingerprint density at radius 2 is 2.16 bits per heavy atom. The Bertz CT molecular complexity index is 548. The van der Waals surface area contributed by atoms with Crippen LogP contribution in [0.15, 0.2) is 24.3 Å². The number of hydrogen-bond acceptors (Lipinski definition) is 4. The van der Waals surface area contributed by atoms with E-state index in [0.29, 0.717) is 10.8 Å². The van der Waals surface area contributed by atoms with Gasteiger partial charge in [-0.2, -0.15) is 5.10 Å². The molecule has 1 aliphatic heterocycles. The van der Waals surface area contributed by atoms with E-state index in [-0.39, 0.29) is 12.1 Å². The zero-order chi connectivity index (χ0) is 13.2. The van der Waals surface area contributed by atoms with E-state index >= 15 is 0 Å². The van der Waals surface area contributed by atoms with Crippen LogP contribution in [-0.2, 0) is 4.74 Å². The van der Waals surface area contributed by atoms with Gasteiger partial charge in [0.05, 0.1) is 6.04 Å². The molecule has 1 saturated heterocycles. The Morgan fingerprint density at radius 3 is 2.84 bits per heavy atom. The fourth-order valence-electron chi connectivity index (χ4n) is 2.18. The zero-order valence-corrected chi connectivity index (χ0v) is 11.1. The first-order valence-corrected chi connectivity index (χ1v) is 6.66. The second-order valence-electron chi connectivity index (χ2n) is 4.61. The number of rotatable bonds is 3. The third-order valence-corrected chi connectivity index (χ3v) is 3.51. The van der Waals surface area contributed by atoms with Gasteiger partial charge in [-0.1, -0.05) is 23.7 Å². The van der Waals surface area contributed by atoms with Crippen molar-refractivity contribution in [1.82, 2.24) is 15.2 Å². The number of nitrogens with zero attached hydrogens (tertiary/aromatic N) is 2. The highest BCUT2D eigenvalue weighted by Crippen LogP contribution is 2.27. The molecule has 3 rings (SSSR count). The van der Waals surface area contributed by atoms with Gasteiger partial charge in [-0.3, -0.25) is 5.10 Å². The van der Waals surface area contributed by atoms with Crippen LogP contribution in [0.3, 0.4) is 0 Å². The van der Waals surface area contributed by atoms with Crippen molar-refractivity contribution in [1.29, 1.82) is 0 Å². The van der Waals surface area contributed by atoms with Crippen molar-refractivity contribution in [3.05, 3.63) is 46.5 Å². The maximum absolute atomic E-state index is 6.15. The summed E-state index contributed by atoms with van der Waals surface area (Å²) in [6, 6.07) is 7.03. The third-order valence-electron chi connectivity index (χ3n) is 3.26. The molecular formula is C13H15ClN4O. The number of nitrogens with one attached hydrogen (secondary N) is 1. The number of ether oxygens (including phenoxy) is 1. The molecule has 1 aliphatic rings. The van der Waals surface area contributed by atoms with Gasteiger partial charge in [-0.25, -0.2) is 4.98 Å². The summed E-state index contributed by atoms with van der Waals surface area (Å²) in [5.41, 5.74) is 7.08. The van der Waals surface area contributed by atoms with E-state index in [1.165, 1.54) is 0 Å². The van der Waals surface area contributed by atoms with Crippen LogP contribution in [0, 0.1) is 0 Å². The quantitative estimate of drug-likeness (QED) is 0.903. The molecule has 0 spiro atoms. The summed E-state index contributed by atoms with van der Waals surface area (Å²) in [6.07, 6.45) is 2.06. The van der Waals surface area contributed by atoms with Crippen molar-refractivity contribution in [3.63, 3.8) is 0 Å². The largest absolute Gasteiger partial charge is 0.370 e. The molecule has 1 aromatic carbocycles. The van der Waals surface area contributed by atoms with Crippen LogP contribution in [-0.4, -0.2) is 21.8 Å². The van der Waals surface area contributed by atoms with Gasteiger partial charge in [-0.05, 0) is 30.5 Å². The lowest BCUT2D eigenvalue weighted by Gasteiger charge is -2.08. The Morgan fingerprint density at radius 1 is 1.37 bits per heavy atom. The number of nitrogens with two attached hydrogens (primary N) is 1. The lowest BCUT2D eigenvalue weighted by atomic mass is 10.1. The summed E-state index contributed by atoms with van der Waals surface area (Å²) < 4.78 is 5.56. The SMILES string of the molecule is N[C@@H](c1ccc(Cl)cc1)c1n[nH]c([C@H]2CCCO2)n1. The summed E-state index contributed by atoms with van der Waals surface area (Å²) in [4.78, 5) is 4.44. The number of H-pyrrole nitrogens is 1. The number of aromatic nitrogens is 3. The van der Waals surface area contributed by atoms with Crippen molar-refractivity contribution < 1.29 is 4.74 Å². The molecule has 1 fully saturated rings. The van der Waals surface area contributed by atoms with Gasteiger partial charge in [0.25, 0.3) is 0 Å². The van der Waals surface area contributed by atoms with Crippen LogP contribution in [0.5, 0.6) is 0 Å². The first-order valence-electron chi connectivity index (χ1n) is 6.29. The Kier molecular flexibility index (Phi) is 3.50. The molecule has 3 N–H and O–H groups in total. The molecule has 2 heterocycles. The minimum atomic E-state index is -0.358. The van der Waals surface area contributed by atoms with Crippen molar-refractivity contribution in [2.45, 2.75) is 25.0 Å². The van der Waals surface area contributed by atoms with Crippen molar-refractivity contribution >= 4 is 11.6 Å². The van der Waals surface area contributed by atoms with Crippen molar-refractivity contribution in [2.24, 2.45) is 5.73 Å². The van der Waals surface area contributed by atoms with E-state index in [0.717, 1.165) is 30.8 Å². The van der Waals surface area contributed by atoms with Crippen molar-refractivity contribution in [2.75, 3.05) is 6.61 Å². The number of halogens is 1. The lowest BCUT2D eigenvalue weighted by Crippen LogP contribution is -2.13. The van der Waals surface area contributed by atoms with E-state index in [1.807, 2.05) is 24.3 Å². The van der Waals surface area contributed by atoms with Gasteiger partial charge in [0, 0.05) is 11.6 Å². The third kappa shape index (κ3) is 2.63. The number of benzene rings is 1. The highest BCUT2D eigenvalue weighted by atomic mass is 35.5. The Balaban J connectivity index is 1.79. The zero-order valence-electron chi connectivity index (χ0n) is 10.3. The lowest BCUT2D eigenvalue weighted by molar-refractivity contribution is 0.105. The molecule has 1 aromatic heterocycles. The van der Waals surface area contributed by atoms with E-state index in [4.69, 9.17) is 22.1 Å². The molecule has 0 radical (unpaired) electrons. The fraction of sp³-hybridized carbons (Fsp3) is 0.385. The summed E-state index contributed by atoms with van der Waals surface area (Å²) in [5, 5.41) is 7.79. The van der Waals surface area contributed by atoms with Gasteiger partial charge in [-0.15, -0.1) is 0 Å². The van der Waals surface area contributed by atoms with Crippen LogP contribution in [0.25, 0.3) is 0 Å². The molecule has 0 amide bonds. The van der Waals surface area contributed by atoms with Gasteiger partial charge in [0.1, 0.15) is 6.10 Å². The molecule has 19 heavy (non-hydrogen) atoms. The summed E-state index contributed by atoms with van der Waals surface area (Å²) >= 11 is 5.86. The minimum Gasteiger partial charge on any atom is -0.370 e. The standard InChI is InChI=1S/C13H15ClN4O/c14-9-5-3-8(4-6-9)11(15)13-16-12(17-18-13)10-2-1-7-19-10/h3-6,10-11H,1-2,7,15H2,(H,16,17,18)/t10-,11+/m1/s1. The molecule has 0 unspecified atom stereocenters. The fourth-order valence-corrected chi connectivity index (χ4v) is 2.31. The predicted octanol–water partition coefficient (Wildman–Crippen LogP) is 2.36. The topological polar surface area (TPSA) is 76.8 Å². The van der Waals surface area contributed by atoms with Crippen LogP contribution in [0.1, 0.15) is 42.2 Å². The molecule has 2 atom stereocenters. The first kappa shape index (κ1) is 12.6. The molecule has 0 saturated carbocycles. The molecule has 0 bridgehead atoms. The normalized spacial score (nSPS) is 20.6. The number of hydrogen-bond donors (Lipinski definition) is 2. The summed E-state index contributed by atoms with van der Waals surface area (Å²) in [6.45, 7) is 0.782. The smallest absolute Gasteiger partial charge is 0.171 e. The molecular weight excluding hydrogens is 264 g/mol. The monoisotopic (exact) mass is 278 g/mol.